The van der Waals surface area contributed by atoms with Gasteiger partial charge in [0.15, 0.2) is 5.78 Å². The predicted octanol–water partition coefficient (Wildman–Crippen LogP) is 2.37. The first kappa shape index (κ1) is 12.4. The Kier molecular flexibility index (Phi) is 2.73. The molecule has 0 bridgehead atoms. The molecule has 0 atom stereocenters. The Hall–Kier alpha value is -1.64. The number of Topliss-reactive ketones (excluding diaryl/α,β-unsaturated/α-hetero) is 1. The number of hydrogen-bond donors (Lipinski definition) is 0. The van der Waals surface area contributed by atoms with Gasteiger partial charge >= 0.3 is 0 Å². The summed E-state index contributed by atoms with van der Waals surface area (Å²) in [5.41, 5.74) is 2.74. The zero-order chi connectivity index (χ0) is 13.6. The van der Waals surface area contributed by atoms with Crippen LogP contribution in [0.5, 0.6) is 0 Å². The first-order chi connectivity index (χ1) is 9.00. The Morgan fingerprint density at radius 3 is 2.58 bits per heavy atom. The van der Waals surface area contributed by atoms with Crippen molar-refractivity contribution >= 4 is 11.7 Å². The summed E-state index contributed by atoms with van der Waals surface area (Å²) in [6.45, 7) is 4.23. The van der Waals surface area contributed by atoms with Crippen LogP contribution in [0.15, 0.2) is 18.2 Å². The van der Waals surface area contributed by atoms with Crippen LogP contribution < -0.4 is 0 Å². The molecule has 1 fully saturated rings. The first-order valence-electron chi connectivity index (χ1n) is 6.97. The van der Waals surface area contributed by atoms with Gasteiger partial charge in [0.05, 0.1) is 5.54 Å². The van der Waals surface area contributed by atoms with Crippen LogP contribution in [-0.2, 0) is 17.6 Å². The van der Waals surface area contributed by atoms with Crippen molar-refractivity contribution in [2.75, 3.05) is 6.54 Å². The predicted molar refractivity (Wildman–Crippen MR) is 73.2 cm³/mol. The van der Waals surface area contributed by atoms with Crippen molar-refractivity contribution in [3.63, 3.8) is 0 Å². The lowest BCUT2D eigenvalue weighted by Crippen LogP contribution is -2.46. The van der Waals surface area contributed by atoms with E-state index in [1.807, 2.05) is 26.0 Å². The van der Waals surface area contributed by atoms with Gasteiger partial charge in [0, 0.05) is 18.5 Å². The van der Waals surface area contributed by atoms with Crippen molar-refractivity contribution in [1.82, 2.24) is 4.90 Å². The Bertz CT molecular complexity index is 560. The number of nitrogens with zero attached hydrogens (tertiary/aromatic N) is 1. The van der Waals surface area contributed by atoms with E-state index < -0.39 is 5.54 Å². The molecule has 3 nitrogen and oxygen atoms in total. The highest BCUT2D eigenvalue weighted by Gasteiger charge is 2.42. The summed E-state index contributed by atoms with van der Waals surface area (Å²) >= 11 is 0. The van der Waals surface area contributed by atoms with E-state index >= 15 is 0 Å². The molecule has 1 heterocycles. The summed E-state index contributed by atoms with van der Waals surface area (Å²) in [4.78, 5) is 26.1. The van der Waals surface area contributed by atoms with Gasteiger partial charge in [-0.15, -0.1) is 0 Å². The minimum absolute atomic E-state index is 0.00875. The highest BCUT2D eigenvalue weighted by molar-refractivity contribution is 6.01. The molecule has 1 amide bonds. The zero-order valence-corrected chi connectivity index (χ0v) is 11.5. The minimum Gasteiger partial charge on any atom is -0.326 e. The molecule has 1 aromatic rings. The van der Waals surface area contributed by atoms with Crippen molar-refractivity contribution < 1.29 is 9.59 Å². The van der Waals surface area contributed by atoms with Crippen LogP contribution in [0.25, 0.3) is 0 Å². The summed E-state index contributed by atoms with van der Waals surface area (Å²) in [5, 5.41) is 0. The Balaban J connectivity index is 1.91. The molecule has 1 aliphatic carbocycles. The van der Waals surface area contributed by atoms with E-state index in [0.29, 0.717) is 13.0 Å². The fourth-order valence-electron chi connectivity index (χ4n) is 3.17. The second-order valence-electron chi connectivity index (χ2n) is 6.03. The molecule has 0 radical (unpaired) electrons. The van der Waals surface area contributed by atoms with Gasteiger partial charge in [-0.25, -0.2) is 0 Å². The topological polar surface area (TPSA) is 37.4 Å². The molecule has 1 aliphatic heterocycles. The van der Waals surface area contributed by atoms with Crippen molar-refractivity contribution in [2.24, 2.45) is 0 Å². The molecule has 1 saturated heterocycles. The largest absolute Gasteiger partial charge is 0.326 e. The monoisotopic (exact) mass is 257 g/mol. The number of carbonyl (C=O) groups is 2. The van der Waals surface area contributed by atoms with Crippen LogP contribution in [0.3, 0.4) is 0 Å². The number of rotatable bonds is 1. The first-order valence-corrected chi connectivity index (χ1v) is 6.97. The maximum absolute atomic E-state index is 12.6. The Labute approximate surface area is 113 Å². The van der Waals surface area contributed by atoms with E-state index in [9.17, 15) is 9.59 Å². The highest BCUT2D eigenvalue weighted by atomic mass is 16.2. The van der Waals surface area contributed by atoms with Crippen LogP contribution in [-0.4, -0.2) is 28.7 Å². The molecular formula is C16H19NO2. The number of aryl methyl sites for hydroxylation is 2. The summed E-state index contributed by atoms with van der Waals surface area (Å²) in [5.74, 6) is 0.146. The van der Waals surface area contributed by atoms with Gasteiger partial charge in [0.1, 0.15) is 0 Å². The molecule has 3 heteroatoms. The lowest BCUT2D eigenvalue weighted by Gasteiger charge is -2.30. The van der Waals surface area contributed by atoms with Crippen molar-refractivity contribution in [3.8, 4) is 0 Å². The lowest BCUT2D eigenvalue weighted by molar-refractivity contribution is -0.123. The third-order valence-electron chi connectivity index (χ3n) is 4.51. The van der Waals surface area contributed by atoms with Crippen LogP contribution in [0.4, 0.5) is 0 Å². The minimum atomic E-state index is -0.657. The average Bonchev–Trinajstić information content (AvgIpc) is 2.94. The maximum Gasteiger partial charge on any atom is 0.254 e. The number of likely N-dealkylation sites (tertiary alicyclic amines) is 1. The standard InChI is InChI=1S/C16H19NO2/c1-16(2)14(18)8-9-17(16)15(19)13-7-6-11-4-3-5-12(11)10-13/h6-7,10H,3-5,8-9H2,1-2H3. The van der Waals surface area contributed by atoms with E-state index in [2.05, 4.69) is 6.07 Å². The molecule has 0 spiro atoms. The van der Waals surface area contributed by atoms with Gasteiger partial charge in [0.25, 0.3) is 5.91 Å². The fraction of sp³-hybridized carbons (Fsp3) is 0.500. The summed E-state index contributed by atoms with van der Waals surface area (Å²) in [6.07, 6.45) is 3.85. The Morgan fingerprint density at radius 1 is 1.16 bits per heavy atom. The third-order valence-corrected chi connectivity index (χ3v) is 4.51. The lowest BCUT2D eigenvalue weighted by atomic mass is 9.99. The molecular weight excluding hydrogens is 238 g/mol. The van der Waals surface area contributed by atoms with Gasteiger partial charge < -0.3 is 4.90 Å². The molecule has 3 rings (SSSR count). The number of fused-ring (bicyclic) bond motifs is 1. The summed E-state index contributed by atoms with van der Waals surface area (Å²) in [7, 11) is 0. The Morgan fingerprint density at radius 2 is 1.89 bits per heavy atom. The second-order valence-corrected chi connectivity index (χ2v) is 6.03. The third kappa shape index (κ3) is 1.88. The van der Waals surface area contributed by atoms with Gasteiger partial charge in [-0.3, -0.25) is 9.59 Å². The van der Waals surface area contributed by atoms with E-state index in [1.165, 1.54) is 17.5 Å². The van der Waals surface area contributed by atoms with Gasteiger partial charge in [-0.05, 0) is 56.4 Å². The van der Waals surface area contributed by atoms with Crippen molar-refractivity contribution in [2.45, 2.75) is 45.1 Å². The molecule has 0 unspecified atom stereocenters. The molecule has 0 aromatic heterocycles. The molecule has 1 aromatic carbocycles. The molecule has 19 heavy (non-hydrogen) atoms. The number of ketones is 1. The van der Waals surface area contributed by atoms with E-state index in [0.717, 1.165) is 18.4 Å². The van der Waals surface area contributed by atoms with Crippen molar-refractivity contribution in [3.05, 3.63) is 34.9 Å². The zero-order valence-electron chi connectivity index (χ0n) is 11.5. The number of hydrogen-bond acceptors (Lipinski definition) is 2. The second kappa shape index (κ2) is 4.19. The maximum atomic E-state index is 12.6. The number of amides is 1. The quantitative estimate of drug-likeness (QED) is 0.774. The van der Waals surface area contributed by atoms with Crippen LogP contribution >= 0.6 is 0 Å². The van der Waals surface area contributed by atoms with Crippen LogP contribution in [0.1, 0.15) is 48.2 Å². The normalized spacial score (nSPS) is 20.7. The highest BCUT2D eigenvalue weighted by Crippen LogP contribution is 2.29. The summed E-state index contributed by atoms with van der Waals surface area (Å²) in [6, 6.07) is 6.00. The number of benzene rings is 1. The van der Waals surface area contributed by atoms with Crippen molar-refractivity contribution in [1.29, 1.82) is 0 Å². The van der Waals surface area contributed by atoms with Crippen LogP contribution in [0, 0.1) is 0 Å². The molecule has 0 saturated carbocycles. The van der Waals surface area contributed by atoms with Gasteiger partial charge in [-0.2, -0.15) is 0 Å². The van der Waals surface area contributed by atoms with E-state index in [4.69, 9.17) is 0 Å². The fourth-order valence-corrected chi connectivity index (χ4v) is 3.17. The average molecular weight is 257 g/mol. The van der Waals surface area contributed by atoms with Crippen LogP contribution in [0.2, 0.25) is 0 Å². The summed E-state index contributed by atoms with van der Waals surface area (Å²) < 4.78 is 0. The number of carbonyl (C=O) groups excluding carboxylic acids is 2. The smallest absolute Gasteiger partial charge is 0.254 e. The molecule has 100 valence electrons. The molecule has 0 N–H and O–H groups in total. The van der Waals surface area contributed by atoms with E-state index in [-0.39, 0.29) is 11.7 Å². The SMILES string of the molecule is CC1(C)C(=O)CCN1C(=O)c1ccc2c(c1)CCC2. The van der Waals surface area contributed by atoms with Gasteiger partial charge in [-0.1, -0.05) is 6.07 Å². The van der Waals surface area contributed by atoms with Gasteiger partial charge in [0.2, 0.25) is 0 Å². The van der Waals surface area contributed by atoms with E-state index in [1.54, 1.807) is 4.90 Å². The molecule has 2 aliphatic rings.